The molecule has 0 aromatic heterocycles. The van der Waals surface area contributed by atoms with Crippen molar-refractivity contribution < 1.29 is 0 Å². The molecule has 5 rings (SSSR count). The second-order valence-electron chi connectivity index (χ2n) is 7.15. The molecule has 0 aliphatic heterocycles. The molecule has 0 atom stereocenters. The summed E-state index contributed by atoms with van der Waals surface area (Å²) >= 11 is 0. The second kappa shape index (κ2) is 4.14. The molecule has 0 radical (unpaired) electrons. The molecule has 0 nitrogen and oxygen atoms in total. The summed E-state index contributed by atoms with van der Waals surface area (Å²) in [5.41, 5.74) is 3.30. The van der Waals surface area contributed by atoms with Gasteiger partial charge in [0.15, 0.2) is 0 Å². The quantitative estimate of drug-likeness (QED) is 0.643. The van der Waals surface area contributed by atoms with Gasteiger partial charge in [0.1, 0.15) is 0 Å². The van der Waals surface area contributed by atoms with Crippen LogP contribution in [0, 0.1) is 29.6 Å². The van der Waals surface area contributed by atoms with Gasteiger partial charge in [0.05, 0.1) is 0 Å². The van der Waals surface area contributed by atoms with Gasteiger partial charge in [0, 0.05) is 5.56 Å². The van der Waals surface area contributed by atoms with E-state index in [9.17, 15) is 0 Å². The standard InChI is InChI=1S/C19H22/c1-2-3-14-4-6-18(7-5-14)19-11-15-8-16(12-19)10-17(9-15)13-19/h4-7,15-17H,8-13H2,1H3. The molecule has 0 unspecified atom stereocenters. The van der Waals surface area contributed by atoms with Crippen molar-refractivity contribution >= 4 is 0 Å². The fourth-order valence-electron chi connectivity index (χ4n) is 5.52. The molecule has 0 spiro atoms. The Labute approximate surface area is 116 Å². The normalized spacial score (nSPS) is 38.9. The zero-order chi connectivity index (χ0) is 12.9. The Hall–Kier alpha value is -1.22. The Kier molecular flexibility index (Phi) is 2.52. The Morgan fingerprint density at radius 3 is 1.89 bits per heavy atom. The summed E-state index contributed by atoms with van der Waals surface area (Å²) in [6.45, 7) is 1.91. The van der Waals surface area contributed by atoms with Crippen molar-refractivity contribution in [2.24, 2.45) is 17.8 Å². The van der Waals surface area contributed by atoms with E-state index in [1.165, 1.54) is 38.5 Å². The van der Waals surface area contributed by atoms with E-state index in [4.69, 9.17) is 0 Å². The minimum absolute atomic E-state index is 0.535. The van der Waals surface area contributed by atoms with E-state index >= 15 is 0 Å². The first-order valence-electron chi connectivity index (χ1n) is 7.81. The second-order valence-corrected chi connectivity index (χ2v) is 7.15. The van der Waals surface area contributed by atoms with E-state index in [1.807, 2.05) is 6.92 Å². The van der Waals surface area contributed by atoms with Crippen LogP contribution < -0.4 is 0 Å². The van der Waals surface area contributed by atoms with E-state index in [2.05, 4.69) is 36.1 Å². The van der Waals surface area contributed by atoms with E-state index in [0.717, 1.165) is 23.3 Å². The van der Waals surface area contributed by atoms with Crippen LogP contribution in [0.3, 0.4) is 0 Å². The highest BCUT2D eigenvalue weighted by Gasteiger charge is 2.51. The molecule has 1 aromatic carbocycles. The van der Waals surface area contributed by atoms with E-state index in [-0.39, 0.29) is 0 Å². The maximum Gasteiger partial charge on any atom is 0.0245 e. The summed E-state index contributed by atoms with van der Waals surface area (Å²) in [6, 6.07) is 9.19. The first kappa shape index (κ1) is 11.6. The number of rotatable bonds is 1. The monoisotopic (exact) mass is 250 g/mol. The van der Waals surface area contributed by atoms with Crippen molar-refractivity contribution in [3.05, 3.63) is 35.4 Å². The van der Waals surface area contributed by atoms with Crippen molar-refractivity contribution in [2.75, 3.05) is 0 Å². The highest BCUT2D eigenvalue weighted by Crippen LogP contribution is 2.60. The Morgan fingerprint density at radius 2 is 1.42 bits per heavy atom. The van der Waals surface area contributed by atoms with Gasteiger partial charge in [-0.2, -0.15) is 0 Å². The Morgan fingerprint density at radius 1 is 0.895 bits per heavy atom. The summed E-state index contributed by atoms with van der Waals surface area (Å²) < 4.78 is 0. The smallest absolute Gasteiger partial charge is 0.0245 e. The van der Waals surface area contributed by atoms with Gasteiger partial charge in [0.2, 0.25) is 0 Å². The van der Waals surface area contributed by atoms with Crippen LogP contribution in [0.15, 0.2) is 24.3 Å². The van der Waals surface area contributed by atoms with Gasteiger partial charge in [0.25, 0.3) is 0 Å². The minimum atomic E-state index is 0.535. The molecule has 4 aliphatic rings. The third kappa shape index (κ3) is 1.83. The molecule has 4 saturated carbocycles. The summed E-state index contributed by atoms with van der Waals surface area (Å²) in [5, 5.41) is 0. The molecule has 4 bridgehead atoms. The maximum atomic E-state index is 3.16. The number of benzene rings is 1. The Balaban J connectivity index is 1.68. The minimum Gasteiger partial charge on any atom is -0.101 e. The Bertz CT molecular complexity index is 502. The first-order chi connectivity index (χ1) is 9.27. The van der Waals surface area contributed by atoms with Crippen LogP contribution in [0.4, 0.5) is 0 Å². The molecule has 0 heterocycles. The topological polar surface area (TPSA) is 0 Å². The zero-order valence-corrected chi connectivity index (χ0v) is 11.8. The van der Waals surface area contributed by atoms with Crippen molar-refractivity contribution in [2.45, 2.75) is 50.9 Å². The predicted octanol–water partition coefficient (Wildman–Crippen LogP) is 4.53. The molecular formula is C19H22. The average molecular weight is 250 g/mol. The lowest BCUT2D eigenvalue weighted by atomic mass is 9.48. The molecule has 4 fully saturated rings. The molecule has 0 heteroatoms. The highest BCUT2D eigenvalue weighted by atomic mass is 14.6. The molecule has 98 valence electrons. The van der Waals surface area contributed by atoms with Crippen molar-refractivity contribution in [3.8, 4) is 11.8 Å². The molecule has 4 aliphatic carbocycles. The van der Waals surface area contributed by atoms with E-state index < -0.39 is 0 Å². The van der Waals surface area contributed by atoms with Gasteiger partial charge in [-0.25, -0.2) is 0 Å². The predicted molar refractivity (Wildman–Crippen MR) is 78.8 cm³/mol. The molecule has 19 heavy (non-hydrogen) atoms. The van der Waals surface area contributed by atoms with Crippen molar-refractivity contribution in [1.29, 1.82) is 0 Å². The summed E-state index contributed by atoms with van der Waals surface area (Å²) in [7, 11) is 0. The SMILES string of the molecule is CC#Cc1ccc(C23CC4CC(CC(C4)C2)C3)cc1. The molecular weight excluding hydrogens is 228 g/mol. The lowest BCUT2D eigenvalue weighted by molar-refractivity contribution is -0.00518. The van der Waals surface area contributed by atoms with Crippen LogP contribution >= 0.6 is 0 Å². The zero-order valence-electron chi connectivity index (χ0n) is 11.8. The van der Waals surface area contributed by atoms with Gasteiger partial charge >= 0.3 is 0 Å². The van der Waals surface area contributed by atoms with E-state index in [1.54, 1.807) is 5.56 Å². The van der Waals surface area contributed by atoms with Crippen LogP contribution in [-0.4, -0.2) is 0 Å². The van der Waals surface area contributed by atoms with Crippen molar-refractivity contribution in [1.82, 2.24) is 0 Å². The lowest BCUT2D eigenvalue weighted by Gasteiger charge is -2.57. The maximum absolute atomic E-state index is 3.16. The largest absolute Gasteiger partial charge is 0.101 e. The molecule has 1 aromatic rings. The molecule has 0 saturated heterocycles. The third-order valence-corrected chi connectivity index (χ3v) is 5.80. The molecule has 0 N–H and O–H groups in total. The van der Waals surface area contributed by atoms with Crippen LogP contribution in [0.5, 0.6) is 0 Å². The van der Waals surface area contributed by atoms with Gasteiger partial charge in [-0.15, -0.1) is 5.92 Å². The van der Waals surface area contributed by atoms with Crippen molar-refractivity contribution in [3.63, 3.8) is 0 Å². The van der Waals surface area contributed by atoms with Crippen LogP contribution in [0.1, 0.15) is 56.6 Å². The fraction of sp³-hybridized carbons (Fsp3) is 0.579. The fourth-order valence-corrected chi connectivity index (χ4v) is 5.52. The van der Waals surface area contributed by atoms with Gasteiger partial charge < -0.3 is 0 Å². The number of hydrogen-bond acceptors (Lipinski definition) is 0. The summed E-state index contributed by atoms with van der Waals surface area (Å²) in [4.78, 5) is 0. The van der Waals surface area contributed by atoms with Crippen LogP contribution in [-0.2, 0) is 5.41 Å². The number of hydrogen-bond donors (Lipinski definition) is 0. The molecule has 0 amide bonds. The van der Waals surface area contributed by atoms with Gasteiger partial charge in [-0.1, -0.05) is 18.1 Å². The first-order valence-corrected chi connectivity index (χ1v) is 7.81. The van der Waals surface area contributed by atoms with Gasteiger partial charge in [-0.05, 0) is 86.3 Å². The lowest BCUT2D eigenvalue weighted by Crippen LogP contribution is -2.48. The average Bonchev–Trinajstić information content (AvgIpc) is 2.38. The van der Waals surface area contributed by atoms with Gasteiger partial charge in [-0.3, -0.25) is 0 Å². The van der Waals surface area contributed by atoms with E-state index in [0.29, 0.717) is 5.41 Å². The highest BCUT2D eigenvalue weighted by molar-refractivity contribution is 5.39. The summed E-state index contributed by atoms with van der Waals surface area (Å²) in [6.07, 6.45) is 8.95. The van der Waals surface area contributed by atoms with Crippen LogP contribution in [0.2, 0.25) is 0 Å². The summed E-state index contributed by atoms with van der Waals surface area (Å²) in [5.74, 6) is 9.23. The third-order valence-electron chi connectivity index (χ3n) is 5.80. The van der Waals surface area contributed by atoms with Crippen LogP contribution in [0.25, 0.3) is 0 Å².